The van der Waals surface area contributed by atoms with Crippen LogP contribution in [0.3, 0.4) is 0 Å². The maximum atomic E-state index is 12.0. The molecule has 1 aliphatic heterocycles. The van der Waals surface area contributed by atoms with Crippen LogP contribution < -0.4 is 15.4 Å². The summed E-state index contributed by atoms with van der Waals surface area (Å²) in [6, 6.07) is 5.37. The normalized spacial score (nSPS) is 17.0. The Morgan fingerprint density at radius 1 is 1.38 bits per heavy atom. The minimum atomic E-state index is -0.566. The lowest BCUT2D eigenvalue weighted by atomic mass is 10.0. The number of hydrogen-bond acceptors (Lipinski definition) is 4. The molecule has 21 heavy (non-hydrogen) atoms. The first kappa shape index (κ1) is 15.2. The van der Waals surface area contributed by atoms with Crippen molar-refractivity contribution in [2.45, 2.75) is 32.3 Å². The van der Waals surface area contributed by atoms with Gasteiger partial charge in [0, 0.05) is 12.2 Å². The van der Waals surface area contributed by atoms with Crippen molar-refractivity contribution in [3.8, 4) is 5.75 Å². The number of methoxy groups -OCH3 is 1. The molecule has 0 saturated heterocycles. The summed E-state index contributed by atoms with van der Waals surface area (Å²) in [5, 5.41) is 5.41. The van der Waals surface area contributed by atoms with Gasteiger partial charge in [0.2, 0.25) is 5.91 Å². The van der Waals surface area contributed by atoms with Gasteiger partial charge in [-0.15, -0.1) is 0 Å². The molecule has 0 aliphatic carbocycles. The number of alkyl carbamates (subject to hydrolysis) is 1. The molecule has 1 aliphatic rings. The van der Waals surface area contributed by atoms with Gasteiger partial charge < -0.3 is 20.1 Å². The number of hydrogen-bond donors (Lipinski definition) is 2. The van der Waals surface area contributed by atoms with Crippen LogP contribution >= 0.6 is 0 Å². The summed E-state index contributed by atoms with van der Waals surface area (Å²) in [6.45, 7) is 5.54. The fraction of sp³-hybridized carbons (Fsp3) is 0.467. The number of ether oxygens (including phenoxy) is 2. The Hall–Kier alpha value is -2.24. The average molecular weight is 292 g/mol. The highest BCUT2D eigenvalue weighted by Crippen LogP contribution is 2.34. The summed E-state index contributed by atoms with van der Waals surface area (Å²) >= 11 is 0. The van der Waals surface area contributed by atoms with E-state index in [0.29, 0.717) is 5.75 Å². The number of carbonyl (C=O) groups excluding carboxylic acids is 2. The number of nitrogens with one attached hydrogen (secondary N) is 2. The van der Waals surface area contributed by atoms with E-state index >= 15 is 0 Å². The lowest BCUT2D eigenvalue weighted by Gasteiger charge is -2.20. The molecular weight excluding hydrogens is 272 g/mol. The van der Waals surface area contributed by atoms with E-state index in [0.717, 1.165) is 11.3 Å². The standard InChI is InChI=1S/C15H20N2O4/c1-15(2,3)21-14(19)16-8-11-10-7-9(20-4)5-6-12(10)17-13(11)18/h5-7,11H,8H2,1-4H3,(H,16,19)(H,17,18). The smallest absolute Gasteiger partial charge is 0.407 e. The Bertz CT molecular complexity index is 563. The average Bonchev–Trinajstić information content (AvgIpc) is 2.69. The van der Waals surface area contributed by atoms with Crippen molar-refractivity contribution in [3.63, 3.8) is 0 Å². The van der Waals surface area contributed by atoms with E-state index in [9.17, 15) is 9.59 Å². The molecular formula is C15H20N2O4. The Morgan fingerprint density at radius 2 is 2.10 bits per heavy atom. The van der Waals surface area contributed by atoms with Crippen LogP contribution in [-0.4, -0.2) is 31.3 Å². The van der Waals surface area contributed by atoms with E-state index < -0.39 is 17.6 Å². The number of benzene rings is 1. The second kappa shape index (κ2) is 5.63. The Kier molecular flexibility index (Phi) is 4.06. The van der Waals surface area contributed by atoms with Gasteiger partial charge in [-0.05, 0) is 44.5 Å². The molecule has 6 heteroatoms. The highest BCUT2D eigenvalue weighted by atomic mass is 16.6. The highest BCUT2D eigenvalue weighted by molar-refractivity contribution is 6.03. The number of anilines is 1. The van der Waals surface area contributed by atoms with E-state index in [1.165, 1.54) is 0 Å². The van der Waals surface area contributed by atoms with Crippen LogP contribution in [0.4, 0.5) is 10.5 Å². The fourth-order valence-electron chi connectivity index (χ4n) is 2.13. The van der Waals surface area contributed by atoms with E-state index in [1.807, 2.05) is 0 Å². The van der Waals surface area contributed by atoms with Gasteiger partial charge in [-0.25, -0.2) is 4.79 Å². The fourth-order valence-corrected chi connectivity index (χ4v) is 2.13. The molecule has 0 spiro atoms. The topological polar surface area (TPSA) is 76.7 Å². The molecule has 0 bridgehead atoms. The summed E-state index contributed by atoms with van der Waals surface area (Å²) in [5.74, 6) is 0.0875. The Labute approximate surface area is 123 Å². The summed E-state index contributed by atoms with van der Waals surface area (Å²) in [7, 11) is 1.57. The molecule has 1 aromatic carbocycles. The first-order valence-electron chi connectivity index (χ1n) is 6.76. The molecule has 0 saturated carbocycles. The zero-order valence-electron chi connectivity index (χ0n) is 12.6. The SMILES string of the molecule is COc1ccc2c(c1)C(CNC(=O)OC(C)(C)C)C(=O)N2. The van der Waals surface area contributed by atoms with E-state index in [4.69, 9.17) is 9.47 Å². The van der Waals surface area contributed by atoms with Crippen LogP contribution in [0, 0.1) is 0 Å². The molecule has 1 unspecified atom stereocenters. The molecule has 1 heterocycles. The van der Waals surface area contributed by atoms with Crippen LogP contribution in [0.15, 0.2) is 18.2 Å². The van der Waals surface area contributed by atoms with Crippen LogP contribution in [-0.2, 0) is 9.53 Å². The summed E-state index contributed by atoms with van der Waals surface area (Å²) in [4.78, 5) is 23.7. The zero-order chi connectivity index (χ0) is 15.6. The van der Waals surface area contributed by atoms with Gasteiger partial charge in [0.05, 0.1) is 13.0 Å². The van der Waals surface area contributed by atoms with Crippen molar-refractivity contribution in [1.82, 2.24) is 5.32 Å². The van der Waals surface area contributed by atoms with Crippen LogP contribution in [0.25, 0.3) is 0 Å². The van der Waals surface area contributed by atoms with Crippen LogP contribution in [0.2, 0.25) is 0 Å². The lowest BCUT2D eigenvalue weighted by Crippen LogP contribution is -2.36. The zero-order valence-corrected chi connectivity index (χ0v) is 12.6. The van der Waals surface area contributed by atoms with Crippen molar-refractivity contribution in [1.29, 1.82) is 0 Å². The Balaban J connectivity index is 2.05. The number of fused-ring (bicyclic) bond motifs is 1. The first-order chi connectivity index (χ1) is 9.80. The molecule has 2 N–H and O–H groups in total. The van der Waals surface area contributed by atoms with Gasteiger partial charge in [0.1, 0.15) is 11.4 Å². The summed E-state index contributed by atoms with van der Waals surface area (Å²) < 4.78 is 10.3. The molecule has 2 rings (SSSR count). The van der Waals surface area contributed by atoms with E-state index in [1.54, 1.807) is 46.1 Å². The minimum Gasteiger partial charge on any atom is -0.497 e. The summed E-state index contributed by atoms with van der Waals surface area (Å²) in [6.07, 6.45) is -0.536. The molecule has 6 nitrogen and oxygen atoms in total. The quantitative estimate of drug-likeness (QED) is 0.896. The third-order valence-electron chi connectivity index (χ3n) is 3.06. The van der Waals surface area contributed by atoms with Gasteiger partial charge >= 0.3 is 6.09 Å². The number of rotatable bonds is 3. The highest BCUT2D eigenvalue weighted by Gasteiger charge is 2.31. The molecule has 0 aromatic heterocycles. The second-order valence-electron chi connectivity index (χ2n) is 5.88. The minimum absolute atomic E-state index is 0.144. The van der Waals surface area contributed by atoms with Crippen molar-refractivity contribution >= 4 is 17.7 Å². The first-order valence-corrected chi connectivity index (χ1v) is 6.76. The molecule has 0 fully saturated rings. The predicted octanol–water partition coefficient (Wildman–Crippen LogP) is 2.26. The van der Waals surface area contributed by atoms with Crippen LogP contribution in [0.5, 0.6) is 5.75 Å². The number of amides is 2. The molecule has 114 valence electrons. The maximum absolute atomic E-state index is 12.0. The second-order valence-corrected chi connectivity index (χ2v) is 5.88. The van der Waals surface area contributed by atoms with E-state index in [-0.39, 0.29) is 12.5 Å². The maximum Gasteiger partial charge on any atom is 0.407 e. The third-order valence-corrected chi connectivity index (χ3v) is 3.06. The number of carbonyl (C=O) groups is 2. The predicted molar refractivity (Wildman–Crippen MR) is 78.6 cm³/mol. The third kappa shape index (κ3) is 3.65. The summed E-state index contributed by atoms with van der Waals surface area (Å²) in [5.41, 5.74) is 0.996. The van der Waals surface area contributed by atoms with Gasteiger partial charge in [-0.3, -0.25) is 4.79 Å². The van der Waals surface area contributed by atoms with Gasteiger partial charge in [-0.1, -0.05) is 0 Å². The monoisotopic (exact) mass is 292 g/mol. The van der Waals surface area contributed by atoms with Gasteiger partial charge in [-0.2, -0.15) is 0 Å². The van der Waals surface area contributed by atoms with E-state index in [2.05, 4.69) is 10.6 Å². The molecule has 1 aromatic rings. The molecule has 0 radical (unpaired) electrons. The Morgan fingerprint density at radius 3 is 2.71 bits per heavy atom. The molecule has 1 atom stereocenters. The van der Waals surface area contributed by atoms with Crippen molar-refractivity contribution in [2.75, 3.05) is 19.0 Å². The lowest BCUT2D eigenvalue weighted by molar-refractivity contribution is -0.116. The van der Waals surface area contributed by atoms with Crippen LogP contribution in [0.1, 0.15) is 32.3 Å². The van der Waals surface area contributed by atoms with Gasteiger partial charge in [0.15, 0.2) is 0 Å². The van der Waals surface area contributed by atoms with Crippen molar-refractivity contribution in [3.05, 3.63) is 23.8 Å². The van der Waals surface area contributed by atoms with Crippen molar-refractivity contribution in [2.24, 2.45) is 0 Å². The van der Waals surface area contributed by atoms with Crippen molar-refractivity contribution < 1.29 is 19.1 Å². The van der Waals surface area contributed by atoms with Gasteiger partial charge in [0.25, 0.3) is 0 Å². The largest absolute Gasteiger partial charge is 0.497 e. The molecule has 2 amide bonds.